The van der Waals surface area contributed by atoms with E-state index in [0.717, 1.165) is 17.9 Å². The predicted octanol–water partition coefficient (Wildman–Crippen LogP) is 2.66. The van der Waals surface area contributed by atoms with Gasteiger partial charge in [-0.05, 0) is 44.1 Å². The maximum atomic E-state index is 2.81. The summed E-state index contributed by atoms with van der Waals surface area (Å²) in [6, 6.07) is 1.01. The minimum atomic E-state index is 1.01. The Balaban J connectivity index is 1.81. The smallest absolute Gasteiger partial charge is 0.0127 e. The molecular formula is C12H21N. The van der Waals surface area contributed by atoms with Crippen LogP contribution in [0.3, 0.4) is 0 Å². The summed E-state index contributed by atoms with van der Waals surface area (Å²) < 4.78 is 0. The van der Waals surface area contributed by atoms with Gasteiger partial charge in [-0.15, -0.1) is 0 Å². The molecule has 3 aliphatic rings. The first kappa shape index (κ1) is 8.28. The van der Waals surface area contributed by atoms with Crippen LogP contribution in [-0.2, 0) is 0 Å². The Bertz CT molecular complexity index is 172. The summed E-state index contributed by atoms with van der Waals surface area (Å²) in [6.45, 7) is 2.87. The van der Waals surface area contributed by atoms with Crippen LogP contribution < -0.4 is 0 Å². The van der Waals surface area contributed by atoms with E-state index in [4.69, 9.17) is 0 Å². The number of hydrogen-bond acceptors (Lipinski definition) is 1. The summed E-state index contributed by atoms with van der Waals surface area (Å²) in [7, 11) is 0. The van der Waals surface area contributed by atoms with E-state index in [9.17, 15) is 0 Å². The van der Waals surface area contributed by atoms with Crippen molar-refractivity contribution in [2.24, 2.45) is 11.8 Å². The molecule has 74 valence electrons. The number of hydrogen-bond donors (Lipinski definition) is 0. The summed E-state index contributed by atoms with van der Waals surface area (Å²) >= 11 is 0. The summed E-state index contributed by atoms with van der Waals surface area (Å²) in [5, 5.41) is 0. The molecule has 2 bridgehead atoms. The molecule has 0 N–H and O–H groups in total. The maximum Gasteiger partial charge on any atom is 0.0127 e. The molecule has 0 radical (unpaired) electrons. The van der Waals surface area contributed by atoms with Crippen LogP contribution in [0.1, 0.15) is 44.9 Å². The first-order valence-electron chi connectivity index (χ1n) is 6.19. The maximum absolute atomic E-state index is 2.81. The van der Waals surface area contributed by atoms with E-state index in [2.05, 4.69) is 4.90 Å². The first-order chi connectivity index (χ1) is 6.45. The van der Waals surface area contributed by atoms with Gasteiger partial charge >= 0.3 is 0 Å². The predicted molar refractivity (Wildman–Crippen MR) is 54.7 cm³/mol. The van der Waals surface area contributed by atoms with E-state index in [1.165, 1.54) is 51.6 Å². The minimum Gasteiger partial charge on any atom is -0.300 e. The molecule has 0 aromatic carbocycles. The molecule has 1 saturated carbocycles. The molecule has 0 amide bonds. The monoisotopic (exact) mass is 179 g/mol. The lowest BCUT2D eigenvalue weighted by atomic mass is 9.85. The van der Waals surface area contributed by atoms with Crippen molar-refractivity contribution in [3.05, 3.63) is 0 Å². The molecule has 0 spiro atoms. The van der Waals surface area contributed by atoms with Crippen molar-refractivity contribution in [3.8, 4) is 0 Å². The van der Waals surface area contributed by atoms with Gasteiger partial charge in [0.05, 0.1) is 0 Å². The van der Waals surface area contributed by atoms with Crippen LogP contribution in [0.2, 0.25) is 0 Å². The van der Waals surface area contributed by atoms with Gasteiger partial charge in [0.25, 0.3) is 0 Å². The van der Waals surface area contributed by atoms with Gasteiger partial charge in [0.1, 0.15) is 0 Å². The third-order valence-electron chi connectivity index (χ3n) is 4.60. The lowest BCUT2D eigenvalue weighted by molar-refractivity contribution is 0.208. The number of fused-ring (bicyclic) bond motifs is 5. The largest absolute Gasteiger partial charge is 0.300 e. The topological polar surface area (TPSA) is 3.24 Å². The standard InChI is InChI=1S/C12H21N/c1-2-6-11-10-5-4-8-13(9-10)12(11)7-3-1/h10-12H,1-9H2. The molecule has 1 heteroatoms. The average molecular weight is 179 g/mol. The molecule has 0 aromatic rings. The van der Waals surface area contributed by atoms with E-state index >= 15 is 0 Å². The van der Waals surface area contributed by atoms with E-state index in [1.807, 2.05) is 0 Å². The van der Waals surface area contributed by atoms with Crippen LogP contribution >= 0.6 is 0 Å². The Morgan fingerprint density at radius 2 is 1.77 bits per heavy atom. The zero-order valence-corrected chi connectivity index (χ0v) is 8.54. The van der Waals surface area contributed by atoms with Crippen LogP contribution in [0.4, 0.5) is 0 Å². The van der Waals surface area contributed by atoms with Crippen LogP contribution in [0.25, 0.3) is 0 Å². The SMILES string of the molecule is C1CCC2C3CCCN(C3)C2CC1. The van der Waals surface area contributed by atoms with Crippen molar-refractivity contribution in [2.75, 3.05) is 13.1 Å². The van der Waals surface area contributed by atoms with Crippen LogP contribution in [0.15, 0.2) is 0 Å². The molecule has 1 nitrogen and oxygen atoms in total. The third-order valence-corrected chi connectivity index (χ3v) is 4.60. The van der Waals surface area contributed by atoms with E-state index in [0.29, 0.717) is 0 Å². The highest BCUT2D eigenvalue weighted by molar-refractivity contribution is 4.96. The molecule has 2 saturated heterocycles. The number of rotatable bonds is 0. The summed E-state index contributed by atoms with van der Waals surface area (Å²) in [4.78, 5) is 2.81. The van der Waals surface area contributed by atoms with Gasteiger partial charge in [0, 0.05) is 12.6 Å². The van der Waals surface area contributed by atoms with Gasteiger partial charge < -0.3 is 0 Å². The highest BCUT2D eigenvalue weighted by atomic mass is 15.2. The van der Waals surface area contributed by atoms with Crippen molar-refractivity contribution in [3.63, 3.8) is 0 Å². The van der Waals surface area contributed by atoms with Crippen molar-refractivity contribution < 1.29 is 0 Å². The first-order valence-corrected chi connectivity index (χ1v) is 6.19. The van der Waals surface area contributed by atoms with Crippen molar-refractivity contribution >= 4 is 0 Å². The highest BCUT2D eigenvalue weighted by Gasteiger charge is 2.43. The number of piperidine rings is 1. The normalized spacial score (nSPS) is 49.8. The average Bonchev–Trinajstić information content (AvgIpc) is 2.39. The van der Waals surface area contributed by atoms with Crippen molar-refractivity contribution in [2.45, 2.75) is 51.0 Å². The zero-order chi connectivity index (χ0) is 8.67. The Morgan fingerprint density at radius 1 is 0.846 bits per heavy atom. The Labute approximate surface area is 81.5 Å². The fraction of sp³-hybridized carbons (Fsp3) is 1.00. The van der Waals surface area contributed by atoms with Crippen LogP contribution in [0.5, 0.6) is 0 Å². The molecule has 2 heterocycles. The highest BCUT2D eigenvalue weighted by Crippen LogP contribution is 2.43. The second kappa shape index (κ2) is 3.27. The second-order valence-electron chi connectivity index (χ2n) is 5.27. The van der Waals surface area contributed by atoms with E-state index < -0.39 is 0 Å². The van der Waals surface area contributed by atoms with Gasteiger partial charge in [-0.2, -0.15) is 0 Å². The molecule has 4 atom stereocenters. The van der Waals surface area contributed by atoms with Gasteiger partial charge in [0.15, 0.2) is 0 Å². The fourth-order valence-electron chi connectivity index (χ4n) is 4.01. The molecule has 1 aliphatic carbocycles. The van der Waals surface area contributed by atoms with Crippen LogP contribution in [0, 0.1) is 11.8 Å². The third kappa shape index (κ3) is 1.32. The molecular weight excluding hydrogens is 158 g/mol. The molecule has 0 aromatic heterocycles. The summed E-state index contributed by atoms with van der Waals surface area (Å²) in [5.41, 5.74) is 0. The Morgan fingerprint density at radius 3 is 2.77 bits per heavy atom. The van der Waals surface area contributed by atoms with Gasteiger partial charge in [-0.3, -0.25) is 4.90 Å². The molecule has 3 fully saturated rings. The lowest BCUT2D eigenvalue weighted by Crippen LogP contribution is -2.33. The molecule has 4 unspecified atom stereocenters. The van der Waals surface area contributed by atoms with Crippen molar-refractivity contribution in [1.29, 1.82) is 0 Å². The lowest BCUT2D eigenvalue weighted by Gasteiger charge is -2.26. The fourth-order valence-corrected chi connectivity index (χ4v) is 4.01. The second-order valence-corrected chi connectivity index (χ2v) is 5.27. The quantitative estimate of drug-likeness (QED) is 0.552. The Kier molecular flexibility index (Phi) is 2.08. The van der Waals surface area contributed by atoms with E-state index in [-0.39, 0.29) is 0 Å². The summed E-state index contributed by atoms with van der Waals surface area (Å²) in [6.07, 6.45) is 10.6. The van der Waals surface area contributed by atoms with Gasteiger partial charge in [0.2, 0.25) is 0 Å². The summed E-state index contributed by atoms with van der Waals surface area (Å²) in [5.74, 6) is 2.20. The molecule has 3 rings (SSSR count). The molecule has 2 aliphatic heterocycles. The van der Waals surface area contributed by atoms with E-state index in [1.54, 1.807) is 6.42 Å². The number of nitrogens with zero attached hydrogens (tertiary/aromatic N) is 1. The van der Waals surface area contributed by atoms with Gasteiger partial charge in [-0.1, -0.05) is 19.3 Å². The van der Waals surface area contributed by atoms with Crippen LogP contribution in [-0.4, -0.2) is 24.0 Å². The zero-order valence-electron chi connectivity index (χ0n) is 8.54. The van der Waals surface area contributed by atoms with Crippen molar-refractivity contribution in [1.82, 2.24) is 4.90 Å². The molecule has 13 heavy (non-hydrogen) atoms. The minimum absolute atomic E-state index is 1.01. The Hall–Kier alpha value is -0.0400. The van der Waals surface area contributed by atoms with Gasteiger partial charge in [-0.25, -0.2) is 0 Å².